The Balaban J connectivity index is 1.75. The van der Waals surface area contributed by atoms with E-state index in [-0.39, 0.29) is 34.5 Å². The number of hydrogen-bond donors (Lipinski definition) is 3. The second-order valence-corrected chi connectivity index (χ2v) is 10.3. The molecular formula is C25H35N3O3. The van der Waals surface area contributed by atoms with Gasteiger partial charge in [-0.3, -0.25) is 4.79 Å². The third-order valence-corrected chi connectivity index (χ3v) is 6.35. The summed E-state index contributed by atoms with van der Waals surface area (Å²) in [6.45, 7) is 8.65. The highest BCUT2D eigenvalue weighted by atomic mass is 16.3. The van der Waals surface area contributed by atoms with E-state index in [0.717, 1.165) is 32.1 Å². The zero-order valence-corrected chi connectivity index (χ0v) is 19.1. The van der Waals surface area contributed by atoms with Gasteiger partial charge in [0.15, 0.2) is 0 Å². The number of H-pyrrole nitrogens is 1. The Labute approximate surface area is 184 Å². The molecule has 1 aliphatic rings. The van der Waals surface area contributed by atoms with Crippen LogP contribution < -0.4 is 11.0 Å². The molecule has 2 aromatic rings. The molecule has 1 aliphatic carbocycles. The van der Waals surface area contributed by atoms with Crippen LogP contribution in [0.5, 0.6) is 0 Å². The van der Waals surface area contributed by atoms with Crippen LogP contribution >= 0.6 is 0 Å². The fourth-order valence-corrected chi connectivity index (χ4v) is 4.49. The summed E-state index contributed by atoms with van der Waals surface area (Å²) in [6.07, 6.45) is 3.94. The van der Waals surface area contributed by atoms with Crippen molar-refractivity contribution in [1.82, 2.24) is 15.3 Å². The van der Waals surface area contributed by atoms with Gasteiger partial charge in [-0.1, -0.05) is 64.4 Å². The number of aliphatic hydroxyl groups is 1. The zero-order chi connectivity index (χ0) is 22.6. The van der Waals surface area contributed by atoms with Crippen LogP contribution in [0.3, 0.4) is 0 Å². The average Bonchev–Trinajstić information content (AvgIpc) is 2.70. The van der Waals surface area contributed by atoms with Crippen LogP contribution in [0.2, 0.25) is 0 Å². The summed E-state index contributed by atoms with van der Waals surface area (Å²) in [5, 5.41) is 13.4. The first kappa shape index (κ1) is 23.2. The van der Waals surface area contributed by atoms with Crippen LogP contribution in [0, 0.1) is 5.41 Å². The summed E-state index contributed by atoms with van der Waals surface area (Å²) in [4.78, 5) is 31.4. The monoisotopic (exact) mass is 425 g/mol. The van der Waals surface area contributed by atoms with Crippen LogP contribution in [0.4, 0.5) is 0 Å². The van der Waals surface area contributed by atoms with Crippen LogP contribution in [-0.4, -0.2) is 33.6 Å². The van der Waals surface area contributed by atoms with Crippen molar-refractivity contribution in [2.24, 2.45) is 5.41 Å². The number of amides is 1. The molecule has 0 bridgehead atoms. The Hall–Kier alpha value is -2.47. The van der Waals surface area contributed by atoms with E-state index in [9.17, 15) is 14.7 Å². The molecule has 1 aromatic heterocycles. The molecule has 1 amide bonds. The molecule has 0 aliphatic heterocycles. The molecule has 0 saturated heterocycles. The van der Waals surface area contributed by atoms with Crippen molar-refractivity contribution >= 4 is 5.91 Å². The van der Waals surface area contributed by atoms with E-state index in [2.05, 4.69) is 34.3 Å². The number of nitrogens with zero attached hydrogens (tertiary/aromatic N) is 1. The van der Waals surface area contributed by atoms with Crippen molar-refractivity contribution in [1.29, 1.82) is 0 Å². The number of benzene rings is 1. The number of aromatic amines is 1. The molecule has 3 rings (SSSR count). The number of rotatable bonds is 4. The van der Waals surface area contributed by atoms with Crippen LogP contribution in [0.25, 0.3) is 0 Å². The normalized spacial score (nSPS) is 24.8. The van der Waals surface area contributed by atoms with E-state index in [4.69, 9.17) is 0 Å². The van der Waals surface area contributed by atoms with E-state index in [0.29, 0.717) is 12.2 Å². The van der Waals surface area contributed by atoms with E-state index in [1.165, 1.54) is 5.56 Å². The third kappa shape index (κ3) is 6.26. The van der Waals surface area contributed by atoms with E-state index >= 15 is 0 Å². The summed E-state index contributed by atoms with van der Waals surface area (Å²) < 4.78 is 0. The molecule has 1 aromatic carbocycles. The van der Waals surface area contributed by atoms with Crippen molar-refractivity contribution in [2.75, 3.05) is 6.54 Å². The summed E-state index contributed by atoms with van der Waals surface area (Å²) in [5.41, 5.74) is 1.17. The third-order valence-electron chi connectivity index (χ3n) is 6.35. The van der Waals surface area contributed by atoms with Gasteiger partial charge in [-0.15, -0.1) is 0 Å². The lowest BCUT2D eigenvalue weighted by atomic mass is 9.71. The first-order chi connectivity index (χ1) is 14.6. The summed E-state index contributed by atoms with van der Waals surface area (Å²) in [6, 6.07) is 12.0. The standard InChI is InChI=1S/C25H35N3O3/c1-24(2,3)21-14-20(27-23(31)28-21)22(30)26-16-25(4)12-8-11-19(29)13-18(15-25)17-9-6-5-7-10-17/h5-7,9-10,14,18-19,29H,8,11-13,15-16H2,1-4H3,(H,26,30)(H,27,28,31)/t18-,19+,25+/m0/s1. The number of nitrogens with one attached hydrogen (secondary N) is 2. The van der Waals surface area contributed by atoms with Gasteiger partial charge in [-0.05, 0) is 48.6 Å². The smallest absolute Gasteiger partial charge is 0.345 e. The molecule has 6 heteroatoms. The van der Waals surface area contributed by atoms with Gasteiger partial charge in [-0.25, -0.2) is 4.79 Å². The van der Waals surface area contributed by atoms with Gasteiger partial charge in [0.1, 0.15) is 5.69 Å². The number of carbonyl (C=O) groups excluding carboxylic acids is 1. The minimum absolute atomic E-state index is 0.107. The lowest BCUT2D eigenvalue weighted by Crippen LogP contribution is -2.39. The number of aromatic nitrogens is 2. The molecule has 0 radical (unpaired) electrons. The predicted octanol–water partition coefficient (Wildman–Crippen LogP) is 3.91. The van der Waals surface area contributed by atoms with Gasteiger partial charge < -0.3 is 15.4 Å². The Bertz CT molecular complexity index is 948. The maximum absolute atomic E-state index is 12.9. The van der Waals surface area contributed by atoms with E-state index < -0.39 is 5.69 Å². The van der Waals surface area contributed by atoms with Crippen LogP contribution in [0.1, 0.15) is 87.5 Å². The largest absolute Gasteiger partial charge is 0.393 e. The quantitative estimate of drug-likeness (QED) is 0.692. The van der Waals surface area contributed by atoms with Gasteiger partial charge in [0.2, 0.25) is 0 Å². The SMILES string of the molecule is CC(C)(C)c1cc(C(=O)NC[C@]2(C)CCC[C@@H](O)C[C@H](c3ccccc3)C2)nc(=O)[nH]1. The maximum Gasteiger partial charge on any atom is 0.345 e. The van der Waals surface area contributed by atoms with E-state index in [1.807, 2.05) is 39.0 Å². The number of carbonyl (C=O) groups is 1. The molecule has 3 atom stereocenters. The van der Waals surface area contributed by atoms with Gasteiger partial charge >= 0.3 is 5.69 Å². The molecule has 0 unspecified atom stereocenters. The molecule has 31 heavy (non-hydrogen) atoms. The molecule has 1 heterocycles. The Morgan fingerprint density at radius 2 is 2.00 bits per heavy atom. The molecular weight excluding hydrogens is 390 g/mol. The molecule has 1 fully saturated rings. The fraction of sp³-hybridized carbons (Fsp3) is 0.560. The fourth-order valence-electron chi connectivity index (χ4n) is 4.49. The average molecular weight is 426 g/mol. The number of hydrogen-bond acceptors (Lipinski definition) is 4. The number of aliphatic hydroxyl groups excluding tert-OH is 1. The Morgan fingerprint density at radius 1 is 1.29 bits per heavy atom. The van der Waals surface area contributed by atoms with Crippen molar-refractivity contribution in [2.45, 2.75) is 77.2 Å². The highest BCUT2D eigenvalue weighted by Crippen LogP contribution is 2.40. The lowest BCUT2D eigenvalue weighted by molar-refractivity contribution is 0.0862. The van der Waals surface area contributed by atoms with Crippen molar-refractivity contribution in [3.05, 3.63) is 63.8 Å². The first-order valence-electron chi connectivity index (χ1n) is 11.2. The summed E-state index contributed by atoms with van der Waals surface area (Å²) in [7, 11) is 0. The second kappa shape index (κ2) is 9.35. The Morgan fingerprint density at radius 3 is 2.68 bits per heavy atom. The molecule has 168 valence electrons. The highest BCUT2D eigenvalue weighted by Gasteiger charge is 2.33. The topological polar surface area (TPSA) is 95.1 Å². The minimum Gasteiger partial charge on any atom is -0.393 e. The van der Waals surface area contributed by atoms with Crippen molar-refractivity contribution in [3.63, 3.8) is 0 Å². The van der Waals surface area contributed by atoms with Crippen molar-refractivity contribution in [3.8, 4) is 0 Å². The Kier molecular flexibility index (Phi) is 6.99. The minimum atomic E-state index is -0.507. The van der Waals surface area contributed by atoms with Gasteiger partial charge in [0, 0.05) is 17.7 Å². The first-order valence-corrected chi connectivity index (χ1v) is 11.2. The highest BCUT2D eigenvalue weighted by molar-refractivity contribution is 5.92. The van der Waals surface area contributed by atoms with Gasteiger partial charge in [0.05, 0.1) is 6.10 Å². The van der Waals surface area contributed by atoms with Crippen molar-refractivity contribution < 1.29 is 9.90 Å². The predicted molar refractivity (Wildman–Crippen MR) is 122 cm³/mol. The van der Waals surface area contributed by atoms with E-state index in [1.54, 1.807) is 6.07 Å². The van der Waals surface area contributed by atoms with Gasteiger partial charge in [0.25, 0.3) is 5.91 Å². The molecule has 1 saturated carbocycles. The summed E-state index contributed by atoms with van der Waals surface area (Å²) >= 11 is 0. The maximum atomic E-state index is 12.9. The summed E-state index contributed by atoms with van der Waals surface area (Å²) in [5.74, 6) is -0.0835. The molecule has 3 N–H and O–H groups in total. The second-order valence-electron chi connectivity index (χ2n) is 10.3. The molecule has 6 nitrogen and oxygen atoms in total. The van der Waals surface area contributed by atoms with Crippen LogP contribution in [0.15, 0.2) is 41.2 Å². The van der Waals surface area contributed by atoms with Crippen LogP contribution in [-0.2, 0) is 5.41 Å². The zero-order valence-electron chi connectivity index (χ0n) is 19.1. The van der Waals surface area contributed by atoms with Gasteiger partial charge in [-0.2, -0.15) is 4.98 Å². The lowest BCUT2D eigenvalue weighted by Gasteiger charge is -2.37. The molecule has 0 spiro atoms.